The van der Waals surface area contributed by atoms with E-state index in [0.29, 0.717) is 10.0 Å². The van der Waals surface area contributed by atoms with Gasteiger partial charge in [-0.2, -0.15) is 5.26 Å². The van der Waals surface area contributed by atoms with Crippen molar-refractivity contribution in [3.8, 4) is 6.07 Å². The molecule has 0 spiro atoms. The molecular formula is C15H12BrFN2. The Balaban J connectivity index is 2.26. The Labute approximate surface area is 120 Å². The SMILES string of the molecule is CC(Nc1ccccc1C#N)c1ccc(F)cc1Br. The number of para-hydroxylation sites is 1. The molecule has 0 aliphatic heterocycles. The van der Waals surface area contributed by atoms with Gasteiger partial charge >= 0.3 is 0 Å². The molecule has 4 heteroatoms. The fourth-order valence-electron chi connectivity index (χ4n) is 1.87. The number of anilines is 1. The van der Waals surface area contributed by atoms with Crippen molar-refractivity contribution in [2.24, 2.45) is 0 Å². The van der Waals surface area contributed by atoms with Crippen LogP contribution in [-0.4, -0.2) is 0 Å². The van der Waals surface area contributed by atoms with E-state index in [0.717, 1.165) is 11.3 Å². The molecule has 0 heterocycles. The topological polar surface area (TPSA) is 35.8 Å². The molecule has 0 aliphatic carbocycles. The molecule has 0 fully saturated rings. The zero-order valence-corrected chi connectivity index (χ0v) is 11.9. The summed E-state index contributed by atoms with van der Waals surface area (Å²) >= 11 is 3.35. The van der Waals surface area contributed by atoms with Gasteiger partial charge in [-0.3, -0.25) is 0 Å². The second-order valence-corrected chi connectivity index (χ2v) is 5.04. The van der Waals surface area contributed by atoms with Crippen molar-refractivity contribution >= 4 is 21.6 Å². The third-order valence-electron chi connectivity index (χ3n) is 2.85. The largest absolute Gasteiger partial charge is 0.377 e. The van der Waals surface area contributed by atoms with Crippen molar-refractivity contribution in [1.29, 1.82) is 5.26 Å². The van der Waals surface area contributed by atoms with E-state index in [2.05, 4.69) is 27.3 Å². The van der Waals surface area contributed by atoms with Gasteiger partial charge in [-0.1, -0.05) is 34.1 Å². The molecule has 19 heavy (non-hydrogen) atoms. The second-order valence-electron chi connectivity index (χ2n) is 4.19. The van der Waals surface area contributed by atoms with E-state index in [1.807, 2.05) is 25.1 Å². The quantitative estimate of drug-likeness (QED) is 0.895. The van der Waals surface area contributed by atoms with Gasteiger partial charge < -0.3 is 5.32 Å². The number of nitriles is 1. The number of hydrogen-bond acceptors (Lipinski definition) is 2. The maximum absolute atomic E-state index is 13.1. The zero-order valence-electron chi connectivity index (χ0n) is 10.3. The molecule has 0 radical (unpaired) electrons. The van der Waals surface area contributed by atoms with E-state index in [1.54, 1.807) is 12.1 Å². The highest BCUT2D eigenvalue weighted by Crippen LogP contribution is 2.28. The van der Waals surface area contributed by atoms with Gasteiger partial charge in [-0.25, -0.2) is 4.39 Å². The summed E-state index contributed by atoms with van der Waals surface area (Å²) in [6.07, 6.45) is 0. The number of nitrogens with zero attached hydrogens (tertiary/aromatic N) is 1. The van der Waals surface area contributed by atoms with E-state index < -0.39 is 0 Å². The van der Waals surface area contributed by atoms with Gasteiger partial charge in [0.2, 0.25) is 0 Å². The first kappa shape index (κ1) is 13.6. The second kappa shape index (κ2) is 5.85. The van der Waals surface area contributed by atoms with Crippen molar-refractivity contribution in [1.82, 2.24) is 0 Å². The summed E-state index contributed by atoms with van der Waals surface area (Å²) in [4.78, 5) is 0. The van der Waals surface area contributed by atoms with Gasteiger partial charge in [0.05, 0.1) is 11.3 Å². The van der Waals surface area contributed by atoms with E-state index in [1.165, 1.54) is 12.1 Å². The summed E-state index contributed by atoms with van der Waals surface area (Å²) in [6, 6.07) is 14.0. The molecule has 1 unspecified atom stereocenters. The van der Waals surface area contributed by atoms with E-state index in [4.69, 9.17) is 5.26 Å². The standard InChI is InChI=1S/C15H12BrFN2/c1-10(13-7-6-12(17)8-14(13)16)19-15-5-3-2-4-11(15)9-18/h2-8,10,19H,1H3. The van der Waals surface area contributed by atoms with Crippen molar-refractivity contribution in [2.75, 3.05) is 5.32 Å². The Morgan fingerprint density at radius 1 is 1.26 bits per heavy atom. The fraction of sp³-hybridized carbons (Fsp3) is 0.133. The summed E-state index contributed by atoms with van der Waals surface area (Å²) < 4.78 is 13.8. The lowest BCUT2D eigenvalue weighted by Gasteiger charge is -2.18. The van der Waals surface area contributed by atoms with Crippen LogP contribution >= 0.6 is 15.9 Å². The smallest absolute Gasteiger partial charge is 0.124 e. The van der Waals surface area contributed by atoms with Crippen LogP contribution in [0.3, 0.4) is 0 Å². The molecule has 0 saturated carbocycles. The monoisotopic (exact) mass is 318 g/mol. The van der Waals surface area contributed by atoms with Gasteiger partial charge in [0.15, 0.2) is 0 Å². The van der Waals surface area contributed by atoms with E-state index >= 15 is 0 Å². The summed E-state index contributed by atoms with van der Waals surface area (Å²) in [5.41, 5.74) is 2.30. The van der Waals surface area contributed by atoms with Crippen LogP contribution in [0.4, 0.5) is 10.1 Å². The molecular weight excluding hydrogens is 307 g/mol. The number of nitrogens with one attached hydrogen (secondary N) is 1. The Kier molecular flexibility index (Phi) is 4.18. The Morgan fingerprint density at radius 3 is 2.68 bits per heavy atom. The Bertz CT molecular complexity index is 634. The van der Waals surface area contributed by atoms with Crippen LogP contribution in [0.15, 0.2) is 46.9 Å². The molecule has 1 atom stereocenters. The summed E-state index contributed by atoms with van der Waals surface area (Å²) in [5.74, 6) is -0.278. The number of hydrogen-bond donors (Lipinski definition) is 1. The summed E-state index contributed by atoms with van der Waals surface area (Å²) in [6.45, 7) is 1.96. The van der Waals surface area contributed by atoms with Gasteiger partial charge in [-0.15, -0.1) is 0 Å². The van der Waals surface area contributed by atoms with Crippen LogP contribution in [0.5, 0.6) is 0 Å². The van der Waals surface area contributed by atoms with E-state index in [9.17, 15) is 4.39 Å². The van der Waals surface area contributed by atoms with E-state index in [-0.39, 0.29) is 11.9 Å². The molecule has 0 amide bonds. The molecule has 96 valence electrons. The molecule has 0 aliphatic rings. The highest BCUT2D eigenvalue weighted by Gasteiger charge is 2.11. The first-order valence-electron chi connectivity index (χ1n) is 5.82. The normalized spacial score (nSPS) is 11.7. The minimum absolute atomic E-state index is 0.0375. The lowest BCUT2D eigenvalue weighted by Crippen LogP contribution is -2.08. The Hall–Kier alpha value is -1.86. The average molecular weight is 319 g/mol. The molecule has 1 N–H and O–H groups in total. The molecule has 0 bridgehead atoms. The number of halogens is 2. The first-order chi connectivity index (χ1) is 9.11. The predicted octanol–water partition coefficient (Wildman–Crippen LogP) is 4.63. The van der Waals surface area contributed by atoms with Crippen LogP contribution < -0.4 is 5.32 Å². The van der Waals surface area contributed by atoms with Crippen LogP contribution in [0.1, 0.15) is 24.1 Å². The van der Waals surface area contributed by atoms with Gasteiger partial charge in [0.1, 0.15) is 11.9 Å². The van der Waals surface area contributed by atoms with Crippen molar-refractivity contribution < 1.29 is 4.39 Å². The van der Waals surface area contributed by atoms with Crippen molar-refractivity contribution in [3.63, 3.8) is 0 Å². The Morgan fingerprint density at radius 2 is 2.00 bits per heavy atom. The zero-order chi connectivity index (χ0) is 13.8. The van der Waals surface area contributed by atoms with Crippen LogP contribution in [0.2, 0.25) is 0 Å². The van der Waals surface area contributed by atoms with Crippen LogP contribution in [0, 0.1) is 17.1 Å². The maximum atomic E-state index is 13.1. The minimum atomic E-state index is -0.278. The van der Waals surface area contributed by atoms with Crippen LogP contribution in [0.25, 0.3) is 0 Å². The van der Waals surface area contributed by atoms with Crippen molar-refractivity contribution in [3.05, 3.63) is 63.9 Å². The molecule has 0 aromatic heterocycles. The third-order valence-corrected chi connectivity index (χ3v) is 3.54. The molecule has 2 nitrogen and oxygen atoms in total. The lowest BCUT2D eigenvalue weighted by molar-refractivity contribution is 0.625. The molecule has 0 saturated heterocycles. The first-order valence-corrected chi connectivity index (χ1v) is 6.61. The highest BCUT2D eigenvalue weighted by atomic mass is 79.9. The number of rotatable bonds is 3. The fourth-order valence-corrected chi connectivity index (χ4v) is 2.56. The predicted molar refractivity (Wildman–Crippen MR) is 77.3 cm³/mol. The summed E-state index contributed by atoms with van der Waals surface area (Å²) in [5, 5.41) is 12.3. The van der Waals surface area contributed by atoms with Crippen LogP contribution in [-0.2, 0) is 0 Å². The van der Waals surface area contributed by atoms with Gasteiger partial charge in [-0.05, 0) is 36.8 Å². The van der Waals surface area contributed by atoms with Gasteiger partial charge in [0, 0.05) is 10.5 Å². The maximum Gasteiger partial charge on any atom is 0.124 e. The molecule has 2 rings (SSSR count). The highest BCUT2D eigenvalue weighted by molar-refractivity contribution is 9.10. The molecule has 2 aromatic carbocycles. The summed E-state index contributed by atoms with van der Waals surface area (Å²) in [7, 11) is 0. The molecule has 2 aromatic rings. The number of benzene rings is 2. The third kappa shape index (κ3) is 3.12. The average Bonchev–Trinajstić information content (AvgIpc) is 2.39. The van der Waals surface area contributed by atoms with Gasteiger partial charge in [0.25, 0.3) is 0 Å². The lowest BCUT2D eigenvalue weighted by atomic mass is 10.1. The van der Waals surface area contributed by atoms with Crippen molar-refractivity contribution in [2.45, 2.75) is 13.0 Å². The minimum Gasteiger partial charge on any atom is -0.377 e.